The molecule has 0 heterocycles. The molecule has 5 nitrogen and oxygen atoms in total. The zero-order valence-electron chi connectivity index (χ0n) is 15.3. The molecule has 1 unspecified atom stereocenters. The Balaban J connectivity index is 2.04. The molecule has 7 heteroatoms. The van der Waals surface area contributed by atoms with Crippen molar-refractivity contribution in [3.05, 3.63) is 69.2 Å². The van der Waals surface area contributed by atoms with Crippen LogP contribution >= 0.6 is 23.2 Å². The number of carbonyl (C=O) groups is 2. The molecule has 0 spiro atoms. The summed E-state index contributed by atoms with van der Waals surface area (Å²) in [4.78, 5) is 24.9. The molecule has 2 aromatic carbocycles. The van der Waals surface area contributed by atoms with E-state index in [-0.39, 0.29) is 16.5 Å². The fourth-order valence-corrected chi connectivity index (χ4v) is 2.81. The summed E-state index contributed by atoms with van der Waals surface area (Å²) in [5, 5.41) is 7.31. The minimum absolute atomic E-state index is 0.144. The van der Waals surface area contributed by atoms with Gasteiger partial charge in [0.15, 0.2) is 0 Å². The third-order valence-corrected chi connectivity index (χ3v) is 4.43. The lowest BCUT2D eigenvalue weighted by Gasteiger charge is -2.20. The van der Waals surface area contributed by atoms with E-state index in [1.807, 2.05) is 45.0 Å². The van der Waals surface area contributed by atoms with Gasteiger partial charge in [-0.2, -0.15) is 5.10 Å². The standard InChI is InChI=1S/C20H21Cl2N3O2/c1-12(2)18(24-19(26)16-9-8-15(21)10-17(16)22)20(27)25-23-11-14-6-4-13(3)5-7-14/h4-12,18H,1-3H3,(H,24,26)(H,25,27)/b23-11+. The van der Waals surface area contributed by atoms with E-state index in [1.165, 1.54) is 12.1 Å². The summed E-state index contributed by atoms with van der Waals surface area (Å²) in [6.45, 7) is 5.65. The Morgan fingerprint density at radius 2 is 1.74 bits per heavy atom. The summed E-state index contributed by atoms with van der Waals surface area (Å²) in [6.07, 6.45) is 1.55. The van der Waals surface area contributed by atoms with Crippen LogP contribution in [0.25, 0.3) is 0 Å². The van der Waals surface area contributed by atoms with Crippen molar-refractivity contribution in [3.8, 4) is 0 Å². The molecule has 0 aliphatic heterocycles. The number of hydrazone groups is 1. The molecule has 27 heavy (non-hydrogen) atoms. The Hall–Kier alpha value is -2.37. The quantitative estimate of drug-likeness (QED) is 0.558. The van der Waals surface area contributed by atoms with Crippen LogP contribution in [0.3, 0.4) is 0 Å². The Morgan fingerprint density at radius 3 is 2.33 bits per heavy atom. The molecule has 1 atom stereocenters. The van der Waals surface area contributed by atoms with Gasteiger partial charge in [-0.25, -0.2) is 5.43 Å². The minimum Gasteiger partial charge on any atom is -0.340 e. The lowest BCUT2D eigenvalue weighted by atomic mass is 10.0. The lowest BCUT2D eigenvalue weighted by Crippen LogP contribution is -2.48. The van der Waals surface area contributed by atoms with Gasteiger partial charge in [-0.05, 0) is 36.6 Å². The molecule has 142 valence electrons. The number of hydrogen-bond donors (Lipinski definition) is 2. The largest absolute Gasteiger partial charge is 0.340 e. The predicted molar refractivity (Wildman–Crippen MR) is 109 cm³/mol. The Labute approximate surface area is 168 Å². The van der Waals surface area contributed by atoms with Gasteiger partial charge in [0.25, 0.3) is 11.8 Å². The van der Waals surface area contributed by atoms with Crippen LogP contribution in [0.15, 0.2) is 47.6 Å². The van der Waals surface area contributed by atoms with Gasteiger partial charge in [-0.1, -0.05) is 66.9 Å². The SMILES string of the molecule is Cc1ccc(/C=N/NC(=O)C(NC(=O)c2ccc(Cl)cc2Cl)C(C)C)cc1. The molecule has 0 fully saturated rings. The highest BCUT2D eigenvalue weighted by atomic mass is 35.5. The summed E-state index contributed by atoms with van der Waals surface area (Å²) >= 11 is 11.9. The highest BCUT2D eigenvalue weighted by molar-refractivity contribution is 6.36. The van der Waals surface area contributed by atoms with E-state index in [4.69, 9.17) is 23.2 Å². The molecular formula is C20H21Cl2N3O2. The van der Waals surface area contributed by atoms with Crippen molar-refractivity contribution < 1.29 is 9.59 Å². The van der Waals surface area contributed by atoms with Gasteiger partial charge in [-0.3, -0.25) is 9.59 Å². The van der Waals surface area contributed by atoms with Crippen LogP contribution in [0.1, 0.15) is 35.3 Å². The average molecular weight is 406 g/mol. The second-order valence-electron chi connectivity index (χ2n) is 6.46. The van der Waals surface area contributed by atoms with E-state index < -0.39 is 17.9 Å². The normalized spacial score (nSPS) is 12.2. The lowest BCUT2D eigenvalue weighted by molar-refractivity contribution is -0.123. The van der Waals surface area contributed by atoms with Crippen LogP contribution in [0.2, 0.25) is 10.0 Å². The van der Waals surface area contributed by atoms with E-state index >= 15 is 0 Å². The first kappa shape index (κ1) is 20.9. The fraction of sp³-hybridized carbons (Fsp3) is 0.250. The second-order valence-corrected chi connectivity index (χ2v) is 7.31. The van der Waals surface area contributed by atoms with Crippen LogP contribution in [0.5, 0.6) is 0 Å². The molecule has 0 aliphatic rings. The van der Waals surface area contributed by atoms with Crippen LogP contribution in [-0.4, -0.2) is 24.1 Å². The second kappa shape index (κ2) is 9.53. The van der Waals surface area contributed by atoms with Crippen molar-refractivity contribution in [2.75, 3.05) is 0 Å². The van der Waals surface area contributed by atoms with E-state index in [2.05, 4.69) is 15.8 Å². The van der Waals surface area contributed by atoms with Gasteiger partial charge >= 0.3 is 0 Å². The van der Waals surface area contributed by atoms with Gasteiger partial charge in [0.1, 0.15) is 6.04 Å². The molecule has 0 radical (unpaired) electrons. The maximum atomic E-state index is 12.5. The summed E-state index contributed by atoms with van der Waals surface area (Å²) in [5.41, 5.74) is 4.72. The van der Waals surface area contributed by atoms with Crippen LogP contribution in [-0.2, 0) is 4.79 Å². The summed E-state index contributed by atoms with van der Waals surface area (Å²) in [6, 6.07) is 11.5. The van der Waals surface area contributed by atoms with E-state index in [9.17, 15) is 9.59 Å². The zero-order valence-corrected chi connectivity index (χ0v) is 16.8. The number of aryl methyl sites for hydroxylation is 1. The van der Waals surface area contributed by atoms with Crippen molar-refractivity contribution in [3.63, 3.8) is 0 Å². The number of halogens is 2. The number of rotatable bonds is 6. The van der Waals surface area contributed by atoms with Gasteiger partial charge < -0.3 is 5.32 Å². The Morgan fingerprint density at radius 1 is 1.07 bits per heavy atom. The van der Waals surface area contributed by atoms with Crippen molar-refractivity contribution >= 4 is 41.2 Å². The third kappa shape index (κ3) is 6.08. The number of amides is 2. The molecule has 2 rings (SSSR count). The maximum absolute atomic E-state index is 12.5. The van der Waals surface area contributed by atoms with E-state index in [0.29, 0.717) is 5.02 Å². The predicted octanol–water partition coefficient (Wildman–Crippen LogP) is 4.21. The molecule has 0 bridgehead atoms. The molecule has 0 saturated carbocycles. The van der Waals surface area contributed by atoms with Crippen molar-refractivity contribution in [1.29, 1.82) is 0 Å². The van der Waals surface area contributed by atoms with E-state index in [0.717, 1.165) is 11.1 Å². The summed E-state index contributed by atoms with van der Waals surface area (Å²) in [5.74, 6) is -1.01. The van der Waals surface area contributed by atoms with Gasteiger partial charge in [0.05, 0.1) is 16.8 Å². The van der Waals surface area contributed by atoms with Crippen LogP contribution in [0.4, 0.5) is 0 Å². The number of benzene rings is 2. The molecule has 2 amide bonds. The third-order valence-electron chi connectivity index (χ3n) is 3.88. The summed E-state index contributed by atoms with van der Waals surface area (Å²) < 4.78 is 0. The van der Waals surface area contributed by atoms with Crippen LogP contribution in [0, 0.1) is 12.8 Å². The molecular weight excluding hydrogens is 385 g/mol. The molecule has 2 aromatic rings. The molecule has 0 saturated heterocycles. The smallest absolute Gasteiger partial charge is 0.262 e. The molecule has 0 aliphatic carbocycles. The monoisotopic (exact) mass is 405 g/mol. The minimum atomic E-state index is -0.764. The van der Waals surface area contributed by atoms with Crippen molar-refractivity contribution in [1.82, 2.24) is 10.7 Å². The highest BCUT2D eigenvalue weighted by Crippen LogP contribution is 2.21. The van der Waals surface area contributed by atoms with Crippen LogP contribution < -0.4 is 10.7 Å². The fourth-order valence-electron chi connectivity index (χ4n) is 2.32. The first-order chi connectivity index (χ1) is 12.8. The molecule has 2 N–H and O–H groups in total. The topological polar surface area (TPSA) is 70.6 Å². The van der Waals surface area contributed by atoms with Gasteiger partial charge in [0, 0.05) is 5.02 Å². The highest BCUT2D eigenvalue weighted by Gasteiger charge is 2.25. The first-order valence-electron chi connectivity index (χ1n) is 8.43. The number of hydrogen-bond acceptors (Lipinski definition) is 3. The number of nitrogens with zero attached hydrogens (tertiary/aromatic N) is 1. The maximum Gasteiger partial charge on any atom is 0.262 e. The first-order valence-corrected chi connectivity index (χ1v) is 9.19. The average Bonchev–Trinajstić information content (AvgIpc) is 2.60. The van der Waals surface area contributed by atoms with Gasteiger partial charge in [-0.15, -0.1) is 0 Å². The summed E-state index contributed by atoms with van der Waals surface area (Å²) in [7, 11) is 0. The molecule has 0 aromatic heterocycles. The number of nitrogens with one attached hydrogen (secondary N) is 2. The Kier molecular flexibility index (Phi) is 7.39. The van der Waals surface area contributed by atoms with E-state index in [1.54, 1.807) is 12.3 Å². The Bertz CT molecular complexity index is 849. The van der Waals surface area contributed by atoms with Crippen molar-refractivity contribution in [2.24, 2.45) is 11.0 Å². The van der Waals surface area contributed by atoms with Gasteiger partial charge in [0.2, 0.25) is 0 Å². The zero-order chi connectivity index (χ0) is 20.0. The van der Waals surface area contributed by atoms with Crippen molar-refractivity contribution in [2.45, 2.75) is 26.8 Å². The number of carbonyl (C=O) groups excluding carboxylic acids is 2.